The number of benzene rings is 2. The summed E-state index contributed by atoms with van der Waals surface area (Å²) in [6.07, 6.45) is 0. The Morgan fingerprint density at radius 1 is 1.06 bits per heavy atom. The number of amides is 1. The van der Waals surface area contributed by atoms with E-state index in [-0.39, 0.29) is 0 Å². The summed E-state index contributed by atoms with van der Waals surface area (Å²) >= 11 is 13.6. The normalized spacial score (nSPS) is 15.7. The molecular weight excluding hydrogens is 456 g/mol. The van der Waals surface area contributed by atoms with Gasteiger partial charge in [0.25, 0.3) is 11.7 Å². The number of aromatic nitrogens is 1. The number of nitrogens with zero attached hydrogens (tertiary/aromatic N) is 2. The Kier molecular flexibility index (Phi) is 4.35. The Balaban J connectivity index is 1.89. The number of rotatable bonds is 3. The van der Waals surface area contributed by atoms with E-state index in [0.29, 0.717) is 43.7 Å². The SMILES string of the molecule is COc1cc2c3c(c1)-c1c(sn(-c4cc(Cl)ccc4OC)c1=S)C(C)(C)N3C(=O)C2=O. The molecule has 2 aliphatic heterocycles. The van der Waals surface area contributed by atoms with Crippen LogP contribution in [0.25, 0.3) is 16.8 Å². The molecule has 31 heavy (non-hydrogen) atoms. The van der Waals surface area contributed by atoms with Crippen LogP contribution in [0.1, 0.15) is 29.1 Å². The Bertz CT molecular complexity index is 1370. The summed E-state index contributed by atoms with van der Waals surface area (Å²) < 4.78 is 13.4. The Hall–Kier alpha value is -2.68. The predicted octanol–water partition coefficient (Wildman–Crippen LogP) is 5.38. The Morgan fingerprint density at radius 3 is 2.45 bits per heavy atom. The first kappa shape index (κ1) is 20.2. The van der Waals surface area contributed by atoms with Crippen molar-refractivity contribution in [2.75, 3.05) is 19.1 Å². The van der Waals surface area contributed by atoms with Crippen molar-refractivity contribution in [1.29, 1.82) is 0 Å². The van der Waals surface area contributed by atoms with Crippen LogP contribution in [-0.4, -0.2) is 29.9 Å². The first-order valence-corrected chi connectivity index (χ1v) is 11.0. The topological polar surface area (TPSA) is 60.8 Å². The van der Waals surface area contributed by atoms with Crippen LogP contribution in [0.2, 0.25) is 5.02 Å². The lowest BCUT2D eigenvalue weighted by molar-refractivity contribution is -0.115. The molecule has 9 heteroatoms. The number of hydrogen-bond donors (Lipinski definition) is 0. The molecule has 0 bridgehead atoms. The van der Waals surface area contributed by atoms with E-state index in [1.165, 1.54) is 18.6 Å². The predicted molar refractivity (Wildman–Crippen MR) is 123 cm³/mol. The number of fused-ring (bicyclic) bond motifs is 2. The number of carbonyl (C=O) groups excluding carboxylic acids is 2. The highest BCUT2D eigenvalue weighted by Crippen LogP contribution is 2.55. The number of Topliss-reactive ketones (excluding diaryl/α,β-unsaturated/α-hetero) is 1. The number of ether oxygens (including phenoxy) is 2. The van der Waals surface area contributed by atoms with Crippen molar-refractivity contribution in [3.05, 3.63) is 50.4 Å². The van der Waals surface area contributed by atoms with Gasteiger partial charge in [0, 0.05) is 16.1 Å². The third-order valence-electron chi connectivity index (χ3n) is 5.74. The van der Waals surface area contributed by atoms with Crippen molar-refractivity contribution in [1.82, 2.24) is 3.96 Å². The van der Waals surface area contributed by atoms with E-state index >= 15 is 0 Å². The highest BCUT2D eigenvalue weighted by molar-refractivity contribution is 7.71. The highest BCUT2D eigenvalue weighted by Gasteiger charge is 2.51. The van der Waals surface area contributed by atoms with Gasteiger partial charge in [0.1, 0.15) is 21.8 Å². The van der Waals surface area contributed by atoms with Crippen LogP contribution in [0.4, 0.5) is 5.69 Å². The van der Waals surface area contributed by atoms with E-state index in [9.17, 15) is 9.59 Å². The molecule has 1 aromatic heterocycles. The minimum atomic E-state index is -0.774. The molecule has 0 radical (unpaired) electrons. The van der Waals surface area contributed by atoms with Crippen molar-refractivity contribution in [2.24, 2.45) is 0 Å². The van der Waals surface area contributed by atoms with Gasteiger partial charge in [-0.3, -0.25) is 18.4 Å². The summed E-state index contributed by atoms with van der Waals surface area (Å²) in [5.74, 6) is 0.0357. The molecule has 2 aromatic carbocycles. The van der Waals surface area contributed by atoms with E-state index in [1.807, 2.05) is 23.9 Å². The Morgan fingerprint density at radius 2 is 1.77 bits per heavy atom. The molecule has 0 saturated heterocycles. The van der Waals surface area contributed by atoms with Gasteiger partial charge in [-0.1, -0.05) is 35.4 Å². The second kappa shape index (κ2) is 6.66. The summed E-state index contributed by atoms with van der Waals surface area (Å²) in [4.78, 5) is 28.2. The molecule has 0 spiro atoms. The van der Waals surface area contributed by atoms with Gasteiger partial charge in [-0.2, -0.15) is 0 Å². The van der Waals surface area contributed by atoms with Crippen LogP contribution in [-0.2, 0) is 10.3 Å². The largest absolute Gasteiger partial charge is 0.497 e. The first-order valence-electron chi connectivity index (χ1n) is 9.42. The van der Waals surface area contributed by atoms with Crippen molar-refractivity contribution in [2.45, 2.75) is 19.4 Å². The minimum absolute atomic E-state index is 0.338. The quantitative estimate of drug-likeness (QED) is 0.378. The van der Waals surface area contributed by atoms with E-state index in [0.717, 1.165) is 10.4 Å². The fourth-order valence-electron chi connectivity index (χ4n) is 4.30. The third-order valence-corrected chi connectivity index (χ3v) is 7.92. The average molecular weight is 473 g/mol. The maximum atomic E-state index is 13.0. The summed E-state index contributed by atoms with van der Waals surface area (Å²) in [6.45, 7) is 3.84. The fourth-order valence-corrected chi connectivity index (χ4v) is 6.16. The number of hydrogen-bond acceptors (Lipinski definition) is 6. The minimum Gasteiger partial charge on any atom is -0.497 e. The lowest BCUT2D eigenvalue weighted by Crippen LogP contribution is -2.46. The van der Waals surface area contributed by atoms with Crippen LogP contribution < -0.4 is 14.4 Å². The number of ketones is 1. The first-order chi connectivity index (χ1) is 14.7. The fraction of sp³-hybridized carbons (Fsp3) is 0.227. The molecule has 0 saturated carbocycles. The average Bonchev–Trinajstić information content (AvgIpc) is 3.22. The second-order valence-corrected chi connectivity index (χ2v) is 9.59. The standard InChI is InChI=1S/C22H17ClN2O4S2/c1-22(2)19-16(21(30)25(31-19)14-7-10(23)5-6-15(14)29-4)12-8-11(28-3)9-13-17(12)24(22)20(27)18(13)26/h5-9H,1-4H3. The Labute approximate surface area is 192 Å². The molecular formula is C22H17ClN2O4S2. The number of methoxy groups -OCH3 is 2. The van der Waals surface area contributed by atoms with Crippen LogP contribution in [0.15, 0.2) is 30.3 Å². The molecule has 6 nitrogen and oxygen atoms in total. The van der Waals surface area contributed by atoms with Gasteiger partial charge < -0.3 is 9.47 Å². The van der Waals surface area contributed by atoms with Crippen LogP contribution >= 0.6 is 35.4 Å². The molecule has 5 rings (SSSR count). The number of anilines is 1. The molecule has 0 unspecified atom stereocenters. The molecule has 0 aliphatic carbocycles. The molecule has 1 amide bonds. The molecule has 0 atom stereocenters. The zero-order chi connectivity index (χ0) is 22.2. The lowest BCUT2D eigenvalue weighted by Gasteiger charge is -2.39. The van der Waals surface area contributed by atoms with E-state index < -0.39 is 17.2 Å². The van der Waals surface area contributed by atoms with Crippen LogP contribution in [0.3, 0.4) is 0 Å². The summed E-state index contributed by atoms with van der Waals surface area (Å²) in [5, 5.41) is 0.552. The van der Waals surface area contributed by atoms with Crippen LogP contribution in [0.5, 0.6) is 11.5 Å². The number of carbonyl (C=O) groups is 2. The summed E-state index contributed by atoms with van der Waals surface area (Å²) in [7, 11) is 3.12. The van der Waals surface area contributed by atoms with Gasteiger partial charge in [0.05, 0.1) is 35.9 Å². The second-order valence-electron chi connectivity index (χ2n) is 7.81. The van der Waals surface area contributed by atoms with Crippen molar-refractivity contribution < 1.29 is 19.1 Å². The highest BCUT2D eigenvalue weighted by atomic mass is 35.5. The summed E-state index contributed by atoms with van der Waals surface area (Å²) in [6, 6.07) is 8.77. The third kappa shape index (κ3) is 2.58. The molecule has 3 aromatic rings. The van der Waals surface area contributed by atoms with Gasteiger partial charge in [0.15, 0.2) is 0 Å². The van der Waals surface area contributed by atoms with Crippen LogP contribution in [0, 0.1) is 4.64 Å². The van der Waals surface area contributed by atoms with E-state index in [4.69, 9.17) is 33.3 Å². The maximum absolute atomic E-state index is 13.0. The zero-order valence-corrected chi connectivity index (χ0v) is 19.5. The van der Waals surface area contributed by atoms with Gasteiger partial charge in [-0.25, -0.2) is 0 Å². The van der Waals surface area contributed by atoms with Gasteiger partial charge in [-0.15, -0.1) is 0 Å². The zero-order valence-electron chi connectivity index (χ0n) is 17.1. The maximum Gasteiger partial charge on any atom is 0.300 e. The van der Waals surface area contributed by atoms with Gasteiger partial charge >= 0.3 is 0 Å². The molecule has 0 N–H and O–H groups in total. The molecule has 0 fully saturated rings. The van der Waals surface area contributed by atoms with Crippen molar-refractivity contribution >= 4 is 52.7 Å². The van der Waals surface area contributed by atoms with E-state index in [1.54, 1.807) is 36.3 Å². The molecule has 2 aliphatic rings. The number of halogens is 1. The lowest BCUT2D eigenvalue weighted by atomic mass is 9.87. The van der Waals surface area contributed by atoms with Gasteiger partial charge in [0.2, 0.25) is 0 Å². The molecule has 158 valence electrons. The summed E-state index contributed by atoms with van der Waals surface area (Å²) in [5.41, 5.74) is 2.38. The van der Waals surface area contributed by atoms with Crippen molar-refractivity contribution in [3.8, 4) is 28.3 Å². The van der Waals surface area contributed by atoms with Crippen molar-refractivity contribution in [3.63, 3.8) is 0 Å². The monoisotopic (exact) mass is 472 g/mol. The molecule has 3 heterocycles. The smallest absolute Gasteiger partial charge is 0.300 e. The van der Waals surface area contributed by atoms with Gasteiger partial charge in [-0.05, 0) is 44.2 Å². The van der Waals surface area contributed by atoms with E-state index in [2.05, 4.69) is 0 Å².